The zero-order valence-corrected chi connectivity index (χ0v) is 23.6. The molecule has 0 aliphatic carbocycles. The van der Waals surface area contributed by atoms with Crippen molar-refractivity contribution in [2.75, 3.05) is 20.4 Å². The molecule has 35 heavy (non-hydrogen) atoms. The molecule has 0 fully saturated rings. The van der Waals surface area contributed by atoms with Gasteiger partial charge in [0.15, 0.2) is 0 Å². The van der Waals surface area contributed by atoms with Gasteiger partial charge in [-0.2, -0.15) is 0 Å². The second-order valence-electron chi connectivity index (χ2n) is 6.73. The number of rotatable bonds is 8. The Hall–Kier alpha value is -1.73. The van der Waals surface area contributed by atoms with Gasteiger partial charge in [0.25, 0.3) is 0 Å². The number of para-hydroxylation sites is 2. The predicted octanol–water partition coefficient (Wildman–Crippen LogP) is 6.46. The molecule has 0 amide bonds. The number of hydrogen-bond donors (Lipinski definition) is 1. The molecule has 0 saturated carbocycles. The molecule has 0 bridgehead atoms. The molecule has 0 radical (unpaired) electrons. The van der Waals surface area contributed by atoms with Crippen LogP contribution in [-0.2, 0) is 28.2 Å². The molecule has 2 N–H and O–H groups in total. The number of benzene rings is 2. The second kappa shape index (κ2) is 16.9. The highest BCUT2D eigenvalue weighted by Gasteiger charge is 2.28. The van der Waals surface area contributed by atoms with Gasteiger partial charge in [0.1, 0.15) is 17.5 Å². The van der Waals surface area contributed by atoms with E-state index in [1.165, 1.54) is 14.2 Å². The first-order chi connectivity index (χ1) is 16.2. The molecule has 1 unspecified atom stereocenters. The molecule has 0 heterocycles. The van der Waals surface area contributed by atoms with Gasteiger partial charge >= 0.3 is 24.7 Å². The summed E-state index contributed by atoms with van der Waals surface area (Å²) in [6.07, 6.45) is -3.50. The van der Waals surface area contributed by atoms with Gasteiger partial charge < -0.3 is 24.3 Å². The Morgan fingerprint density at radius 3 is 1.51 bits per heavy atom. The lowest BCUT2D eigenvalue weighted by Gasteiger charge is -2.15. The highest BCUT2D eigenvalue weighted by Crippen LogP contribution is 2.57. The van der Waals surface area contributed by atoms with Crippen LogP contribution in [0.2, 0.25) is 0 Å². The Bertz CT molecular complexity index is 991. The van der Waals surface area contributed by atoms with Crippen molar-refractivity contribution in [2.45, 2.75) is 19.9 Å². The van der Waals surface area contributed by atoms with Crippen molar-refractivity contribution in [2.24, 2.45) is 11.7 Å². The maximum atomic E-state index is 11.9. The third-order valence-electron chi connectivity index (χ3n) is 3.61. The number of carbonyl (C=O) groups excluding carboxylic acids is 2. The third kappa shape index (κ3) is 17.4. The molecule has 0 aromatic heterocycles. The zero-order valence-electron chi connectivity index (χ0n) is 19.5. The van der Waals surface area contributed by atoms with E-state index >= 15 is 0 Å². The number of hydrogen-bond acceptors (Lipinski definition) is 9. The molecule has 2 aromatic rings. The molecule has 196 valence electrons. The molecule has 0 aliphatic heterocycles. The summed E-state index contributed by atoms with van der Waals surface area (Å²) in [6.45, 7) is -0.199. The summed E-state index contributed by atoms with van der Waals surface area (Å²) < 4.78 is 41.3. The van der Waals surface area contributed by atoms with Gasteiger partial charge in [0.05, 0.1) is 26.3 Å². The van der Waals surface area contributed by atoms with Crippen LogP contribution in [0, 0.1) is 5.92 Å². The predicted molar refractivity (Wildman–Crippen MR) is 139 cm³/mol. The SMILES string of the molecule is COC(=O)[C@H](C)CP(=O)(Cl)Oc1ccccc1.COC(=O)[C@H](C)N.O=P(Cl)(Cl)Oc1ccccc1. The van der Waals surface area contributed by atoms with E-state index < -0.39 is 30.7 Å². The quantitative estimate of drug-likeness (QED) is 0.272. The fourth-order valence-electron chi connectivity index (χ4n) is 2.07. The standard InChI is InChI=1S/C11H14ClO4P.C6H5Cl2O2P.C4H9NO2/c1-9(11(13)15-2)8-17(12,14)16-10-6-4-3-5-7-10;7-11(8,9)10-6-4-2-1-3-5-6;1-3(5)4(6)7-2/h3-7,9H,8H2,1-2H3;1-5H;3H,5H2,1-2H3/t9-,17?;;3-/m1.0/s1. The van der Waals surface area contributed by atoms with E-state index in [1.807, 2.05) is 6.07 Å². The number of methoxy groups -OCH3 is 2. The summed E-state index contributed by atoms with van der Waals surface area (Å²) in [5.74, 6) is -0.571. The van der Waals surface area contributed by atoms with Crippen LogP contribution < -0.4 is 14.8 Å². The Morgan fingerprint density at radius 1 is 0.800 bits per heavy atom. The molecular formula is C21H28Cl3NO8P2. The van der Waals surface area contributed by atoms with Crippen molar-refractivity contribution >= 4 is 58.5 Å². The van der Waals surface area contributed by atoms with Gasteiger partial charge in [-0.3, -0.25) is 14.2 Å². The van der Waals surface area contributed by atoms with Gasteiger partial charge in [0.2, 0.25) is 0 Å². The van der Waals surface area contributed by atoms with Crippen LogP contribution in [0.5, 0.6) is 11.5 Å². The van der Waals surface area contributed by atoms with E-state index in [-0.39, 0.29) is 12.1 Å². The van der Waals surface area contributed by atoms with Crippen LogP contribution in [0.25, 0.3) is 0 Å². The van der Waals surface area contributed by atoms with Crippen LogP contribution in [0.3, 0.4) is 0 Å². The van der Waals surface area contributed by atoms with Gasteiger partial charge in [-0.05, 0) is 42.4 Å². The fraction of sp³-hybridized carbons (Fsp3) is 0.333. The minimum absolute atomic E-state index is 0.0594. The van der Waals surface area contributed by atoms with Crippen molar-refractivity contribution in [1.29, 1.82) is 0 Å². The van der Waals surface area contributed by atoms with Gasteiger partial charge in [0, 0.05) is 22.5 Å². The number of nitrogens with two attached hydrogens (primary N) is 1. The summed E-state index contributed by atoms with van der Waals surface area (Å²) >= 11 is 16.1. The molecule has 2 rings (SSSR count). The van der Waals surface area contributed by atoms with E-state index in [0.29, 0.717) is 11.5 Å². The Morgan fingerprint density at radius 2 is 1.20 bits per heavy atom. The monoisotopic (exact) mass is 589 g/mol. The molecule has 0 aliphatic rings. The smallest absolute Gasteiger partial charge is 0.428 e. The van der Waals surface area contributed by atoms with Crippen molar-refractivity contribution in [1.82, 2.24) is 0 Å². The lowest BCUT2D eigenvalue weighted by Crippen LogP contribution is -2.27. The molecular weight excluding hydrogens is 563 g/mol. The highest BCUT2D eigenvalue weighted by atomic mass is 35.9. The van der Waals surface area contributed by atoms with E-state index in [0.717, 1.165) is 0 Å². The largest absolute Gasteiger partial charge is 0.469 e. The Balaban J connectivity index is 0.000000550. The van der Waals surface area contributed by atoms with Gasteiger partial charge in [-0.25, -0.2) is 4.57 Å². The fourth-order valence-corrected chi connectivity index (χ4v) is 5.09. The summed E-state index contributed by atoms with van der Waals surface area (Å²) in [5.41, 5.74) is 5.07. The van der Waals surface area contributed by atoms with Gasteiger partial charge in [-0.15, -0.1) is 0 Å². The second-order valence-corrected chi connectivity index (χ2v) is 14.2. The number of halogens is 3. The lowest BCUT2D eigenvalue weighted by atomic mass is 10.2. The van der Waals surface area contributed by atoms with Crippen molar-refractivity contribution in [3.05, 3.63) is 60.7 Å². The van der Waals surface area contributed by atoms with Crippen LogP contribution in [0.15, 0.2) is 60.7 Å². The molecule has 9 nitrogen and oxygen atoms in total. The first-order valence-corrected chi connectivity index (χ1v) is 16.0. The number of esters is 2. The Kier molecular flexibility index (Phi) is 16.0. The van der Waals surface area contributed by atoms with Crippen LogP contribution in [0.1, 0.15) is 13.8 Å². The first-order valence-electron chi connectivity index (χ1n) is 9.89. The maximum Gasteiger partial charge on any atom is 0.428 e. The average molecular weight is 591 g/mol. The molecule has 0 saturated heterocycles. The zero-order chi connectivity index (χ0) is 27.1. The summed E-state index contributed by atoms with van der Waals surface area (Å²) in [5, 5.41) is 0. The maximum absolute atomic E-state index is 11.9. The van der Waals surface area contributed by atoms with Crippen molar-refractivity contribution < 1.29 is 37.2 Å². The Labute approximate surface area is 219 Å². The van der Waals surface area contributed by atoms with E-state index in [2.05, 4.69) is 14.0 Å². The van der Waals surface area contributed by atoms with E-state index in [4.69, 9.17) is 44.0 Å². The van der Waals surface area contributed by atoms with Crippen LogP contribution in [-0.4, -0.2) is 38.4 Å². The summed E-state index contributed by atoms with van der Waals surface area (Å²) in [6, 6.07) is 16.6. The van der Waals surface area contributed by atoms with Gasteiger partial charge in [-0.1, -0.05) is 43.3 Å². The van der Waals surface area contributed by atoms with E-state index in [1.54, 1.807) is 68.4 Å². The first kappa shape index (κ1) is 33.3. The normalized spacial score (nSPS) is 13.7. The number of ether oxygens (including phenoxy) is 2. The van der Waals surface area contributed by atoms with Crippen LogP contribution in [0.4, 0.5) is 0 Å². The van der Waals surface area contributed by atoms with Crippen molar-refractivity contribution in [3.63, 3.8) is 0 Å². The lowest BCUT2D eigenvalue weighted by molar-refractivity contribution is -0.144. The molecule has 0 spiro atoms. The molecule has 14 heteroatoms. The molecule has 3 atom stereocenters. The topological polar surface area (TPSA) is 131 Å². The molecule has 2 aromatic carbocycles. The minimum atomic E-state index is -3.44. The number of carbonyl (C=O) groups is 2. The summed E-state index contributed by atoms with van der Waals surface area (Å²) in [7, 11) is 2.59. The van der Waals surface area contributed by atoms with Crippen molar-refractivity contribution in [3.8, 4) is 11.5 Å². The average Bonchev–Trinajstić information content (AvgIpc) is 2.78. The minimum Gasteiger partial charge on any atom is -0.469 e. The van der Waals surface area contributed by atoms with Crippen LogP contribution >= 0.6 is 46.5 Å². The third-order valence-corrected chi connectivity index (χ3v) is 6.53. The summed E-state index contributed by atoms with van der Waals surface area (Å²) in [4.78, 5) is 21.3. The highest BCUT2D eigenvalue weighted by molar-refractivity contribution is 8.05. The van der Waals surface area contributed by atoms with E-state index in [9.17, 15) is 18.7 Å².